The first-order chi connectivity index (χ1) is 15.7. The summed E-state index contributed by atoms with van der Waals surface area (Å²) >= 11 is 1.20. The molecular weight excluding hydrogens is 459 g/mol. The number of amides is 2. The second-order valence-electron chi connectivity index (χ2n) is 6.70. The number of ether oxygens (including phenoxy) is 2. The maximum Gasteiger partial charge on any atom is 0.416 e. The van der Waals surface area contributed by atoms with E-state index in [0.29, 0.717) is 34.4 Å². The molecule has 1 aromatic heterocycles. The van der Waals surface area contributed by atoms with Crippen LogP contribution in [-0.4, -0.2) is 30.5 Å². The first-order valence-electron chi connectivity index (χ1n) is 9.73. The van der Waals surface area contributed by atoms with Gasteiger partial charge in [0.15, 0.2) is 11.5 Å². The fraction of sp³-hybridized carbons (Fsp3) is 0.227. The van der Waals surface area contributed by atoms with Gasteiger partial charge in [0.2, 0.25) is 5.91 Å². The maximum absolute atomic E-state index is 12.7. The van der Waals surface area contributed by atoms with Crippen LogP contribution in [0.15, 0.2) is 47.8 Å². The van der Waals surface area contributed by atoms with Gasteiger partial charge in [-0.15, -0.1) is 11.3 Å². The summed E-state index contributed by atoms with van der Waals surface area (Å²) in [4.78, 5) is 28.8. The van der Waals surface area contributed by atoms with Crippen LogP contribution < -0.4 is 20.3 Å². The fourth-order valence-corrected chi connectivity index (χ4v) is 3.64. The van der Waals surface area contributed by atoms with Crippen molar-refractivity contribution in [1.29, 1.82) is 0 Å². The number of benzene rings is 2. The van der Waals surface area contributed by atoms with Crippen LogP contribution in [0, 0.1) is 0 Å². The molecule has 3 aromatic rings. The number of hydrogen-bond donors (Lipinski definition) is 2. The lowest BCUT2D eigenvalue weighted by molar-refractivity contribution is -0.137. The Balaban J connectivity index is 1.56. The van der Waals surface area contributed by atoms with Crippen molar-refractivity contribution < 1.29 is 32.2 Å². The van der Waals surface area contributed by atoms with Crippen LogP contribution >= 0.6 is 11.3 Å². The molecule has 0 bridgehead atoms. The summed E-state index contributed by atoms with van der Waals surface area (Å²) < 4.78 is 48.7. The van der Waals surface area contributed by atoms with Gasteiger partial charge in [-0.3, -0.25) is 20.4 Å². The molecule has 174 valence electrons. The molecule has 2 N–H and O–H groups in total. The molecule has 0 unspecified atom stereocenters. The summed E-state index contributed by atoms with van der Waals surface area (Å²) in [5, 5.41) is 2.11. The smallest absolute Gasteiger partial charge is 0.416 e. The molecule has 33 heavy (non-hydrogen) atoms. The van der Waals surface area contributed by atoms with Gasteiger partial charge >= 0.3 is 6.18 Å². The third kappa shape index (κ3) is 6.22. The summed E-state index contributed by atoms with van der Waals surface area (Å²) in [5.41, 5.74) is 5.07. The Morgan fingerprint density at radius 3 is 2.42 bits per heavy atom. The molecule has 0 fully saturated rings. The topological polar surface area (TPSA) is 89.6 Å². The number of halogens is 3. The van der Waals surface area contributed by atoms with E-state index >= 15 is 0 Å². The number of hydrogen-bond acceptors (Lipinski definition) is 6. The number of alkyl halides is 3. The molecule has 2 amide bonds. The normalized spacial score (nSPS) is 11.1. The predicted molar refractivity (Wildman–Crippen MR) is 116 cm³/mol. The maximum atomic E-state index is 12.7. The van der Waals surface area contributed by atoms with Crippen molar-refractivity contribution >= 4 is 23.2 Å². The second-order valence-corrected chi connectivity index (χ2v) is 7.55. The van der Waals surface area contributed by atoms with E-state index < -0.39 is 23.6 Å². The lowest BCUT2D eigenvalue weighted by Crippen LogP contribution is -2.42. The van der Waals surface area contributed by atoms with E-state index in [1.165, 1.54) is 42.7 Å². The van der Waals surface area contributed by atoms with Crippen LogP contribution in [-0.2, 0) is 17.4 Å². The third-order valence-corrected chi connectivity index (χ3v) is 5.33. The summed E-state index contributed by atoms with van der Waals surface area (Å²) in [5.74, 6) is -0.180. The first kappa shape index (κ1) is 24.1. The Bertz CT molecular complexity index is 1130. The van der Waals surface area contributed by atoms with E-state index in [0.717, 1.165) is 12.1 Å². The number of nitrogens with one attached hydrogen (secondary N) is 2. The molecule has 0 spiro atoms. The summed E-state index contributed by atoms with van der Waals surface area (Å²) in [6.07, 6.45) is -4.53. The zero-order valence-electron chi connectivity index (χ0n) is 17.7. The Morgan fingerprint density at radius 2 is 1.79 bits per heavy atom. The minimum absolute atomic E-state index is 0.121. The highest BCUT2D eigenvalue weighted by Gasteiger charge is 2.30. The molecular formula is C22H20F3N3O4S. The van der Waals surface area contributed by atoms with E-state index in [-0.39, 0.29) is 12.0 Å². The highest BCUT2D eigenvalue weighted by Crippen LogP contribution is 2.32. The number of carbonyl (C=O) groups excluding carboxylic acids is 2. The number of methoxy groups -OCH3 is 1. The molecule has 2 aromatic carbocycles. The van der Waals surface area contributed by atoms with Crippen molar-refractivity contribution in [2.75, 3.05) is 13.7 Å². The van der Waals surface area contributed by atoms with E-state index in [4.69, 9.17) is 9.47 Å². The van der Waals surface area contributed by atoms with Crippen LogP contribution in [0.2, 0.25) is 0 Å². The lowest BCUT2D eigenvalue weighted by Gasteiger charge is -2.11. The molecule has 11 heteroatoms. The van der Waals surface area contributed by atoms with Crippen molar-refractivity contribution in [1.82, 2.24) is 15.8 Å². The molecule has 0 aliphatic rings. The van der Waals surface area contributed by atoms with E-state index in [1.54, 1.807) is 11.4 Å². The monoisotopic (exact) mass is 479 g/mol. The first-order valence-corrected chi connectivity index (χ1v) is 10.6. The van der Waals surface area contributed by atoms with Gasteiger partial charge in [0.25, 0.3) is 5.91 Å². The highest BCUT2D eigenvalue weighted by molar-refractivity contribution is 7.13. The average molecular weight is 479 g/mol. The zero-order valence-corrected chi connectivity index (χ0v) is 18.5. The molecule has 1 heterocycles. The molecule has 0 saturated heterocycles. The number of carbonyl (C=O) groups is 2. The van der Waals surface area contributed by atoms with Crippen LogP contribution in [0.3, 0.4) is 0 Å². The SMILES string of the molecule is CCOc1ccc(C(=O)NNC(=O)Cc2csc(-c3ccc(C(F)(F)F)cc3)n2)cc1OC. The van der Waals surface area contributed by atoms with Gasteiger partial charge in [-0.25, -0.2) is 4.98 Å². The van der Waals surface area contributed by atoms with Crippen LogP contribution in [0.25, 0.3) is 10.6 Å². The second kappa shape index (κ2) is 10.3. The molecule has 7 nitrogen and oxygen atoms in total. The third-order valence-electron chi connectivity index (χ3n) is 4.39. The van der Waals surface area contributed by atoms with E-state index in [2.05, 4.69) is 15.8 Å². The molecule has 0 atom stereocenters. The number of rotatable bonds is 7. The molecule has 0 saturated carbocycles. The summed E-state index contributed by atoms with van der Waals surface area (Å²) in [6, 6.07) is 9.24. The Hall–Kier alpha value is -3.60. The number of aromatic nitrogens is 1. The van der Waals surface area contributed by atoms with Gasteiger partial charge in [-0.2, -0.15) is 13.2 Å². The zero-order chi connectivity index (χ0) is 24.0. The van der Waals surface area contributed by atoms with Crippen LogP contribution in [0.4, 0.5) is 13.2 Å². The highest BCUT2D eigenvalue weighted by atomic mass is 32.1. The minimum Gasteiger partial charge on any atom is -0.493 e. The lowest BCUT2D eigenvalue weighted by atomic mass is 10.1. The summed E-state index contributed by atoms with van der Waals surface area (Å²) in [7, 11) is 1.45. The Labute approximate surface area is 191 Å². The van der Waals surface area contributed by atoms with E-state index in [9.17, 15) is 22.8 Å². The predicted octanol–water partition coefficient (Wildman–Crippen LogP) is 4.24. The number of thiazole rings is 1. The van der Waals surface area contributed by atoms with Crippen LogP contribution in [0.1, 0.15) is 28.5 Å². The van der Waals surface area contributed by atoms with Crippen molar-refractivity contribution in [2.24, 2.45) is 0 Å². The van der Waals surface area contributed by atoms with Gasteiger partial charge in [0.05, 0.1) is 31.4 Å². The van der Waals surface area contributed by atoms with Gasteiger partial charge in [-0.05, 0) is 37.3 Å². The van der Waals surface area contributed by atoms with Crippen molar-refractivity contribution in [3.05, 3.63) is 64.7 Å². The number of hydrazine groups is 1. The quantitative estimate of drug-likeness (QED) is 0.495. The number of nitrogens with zero attached hydrogens (tertiary/aromatic N) is 1. The minimum atomic E-state index is -4.41. The van der Waals surface area contributed by atoms with Gasteiger partial charge in [-0.1, -0.05) is 12.1 Å². The standard InChI is InChI=1S/C22H20F3N3O4S/c1-3-32-17-9-6-14(10-18(17)31-2)20(30)28-27-19(29)11-16-12-33-21(26-16)13-4-7-15(8-5-13)22(23,24)25/h4-10,12H,3,11H2,1-2H3,(H,27,29)(H,28,30). The molecule has 0 aliphatic heterocycles. The van der Waals surface area contributed by atoms with Crippen LogP contribution in [0.5, 0.6) is 11.5 Å². The van der Waals surface area contributed by atoms with Gasteiger partial charge in [0.1, 0.15) is 5.01 Å². The van der Waals surface area contributed by atoms with E-state index in [1.807, 2.05) is 6.92 Å². The Morgan fingerprint density at radius 1 is 1.06 bits per heavy atom. The molecule has 0 radical (unpaired) electrons. The molecule has 3 rings (SSSR count). The molecule has 0 aliphatic carbocycles. The average Bonchev–Trinajstić information content (AvgIpc) is 3.25. The van der Waals surface area contributed by atoms with Crippen molar-refractivity contribution in [3.8, 4) is 22.1 Å². The fourth-order valence-electron chi connectivity index (χ4n) is 2.81. The van der Waals surface area contributed by atoms with Crippen molar-refractivity contribution in [3.63, 3.8) is 0 Å². The largest absolute Gasteiger partial charge is 0.493 e. The summed E-state index contributed by atoms with van der Waals surface area (Å²) in [6.45, 7) is 2.26. The van der Waals surface area contributed by atoms with Gasteiger partial charge < -0.3 is 9.47 Å². The van der Waals surface area contributed by atoms with Crippen molar-refractivity contribution in [2.45, 2.75) is 19.5 Å². The Kier molecular flexibility index (Phi) is 7.54. The van der Waals surface area contributed by atoms with Gasteiger partial charge in [0, 0.05) is 16.5 Å².